The molecule has 18 heavy (non-hydrogen) atoms. The van der Waals surface area contributed by atoms with Gasteiger partial charge in [0.1, 0.15) is 5.75 Å². The second-order valence-corrected chi connectivity index (χ2v) is 5.80. The Morgan fingerprint density at radius 1 is 1.22 bits per heavy atom. The lowest BCUT2D eigenvalue weighted by Crippen LogP contribution is -3.06. The molecule has 0 spiro atoms. The quantitative estimate of drug-likeness (QED) is 0.564. The number of likely N-dealkylation sites (N-methyl/N-ethyl adjacent to an activating group) is 1. The molecule has 104 valence electrons. The first-order chi connectivity index (χ1) is 7.95. The van der Waals surface area contributed by atoms with Gasteiger partial charge >= 0.3 is 0 Å². The van der Waals surface area contributed by atoms with Crippen LogP contribution in [0.4, 0.5) is 0 Å². The predicted molar refractivity (Wildman–Crippen MR) is 65.9 cm³/mol. The minimum absolute atomic E-state index is 0. The topological polar surface area (TPSA) is 59.8 Å². The molecule has 0 saturated heterocycles. The molecule has 0 aromatic heterocycles. The number of sulfonamides is 1. The number of hydrogen-bond acceptors (Lipinski definition) is 3. The Labute approximate surface area is 115 Å². The Morgan fingerprint density at radius 2 is 1.78 bits per heavy atom. The van der Waals surface area contributed by atoms with Crippen LogP contribution in [0.25, 0.3) is 0 Å². The van der Waals surface area contributed by atoms with Gasteiger partial charge in [-0.2, -0.15) is 0 Å². The van der Waals surface area contributed by atoms with Crippen molar-refractivity contribution >= 4 is 10.0 Å². The van der Waals surface area contributed by atoms with E-state index in [4.69, 9.17) is 4.74 Å². The average molecular weight is 295 g/mol. The molecule has 7 heteroatoms. The summed E-state index contributed by atoms with van der Waals surface area (Å²) in [7, 11) is 2.09. The van der Waals surface area contributed by atoms with Crippen molar-refractivity contribution in [2.45, 2.75) is 4.90 Å². The zero-order valence-corrected chi connectivity index (χ0v) is 12.3. The summed E-state index contributed by atoms with van der Waals surface area (Å²) in [6.07, 6.45) is 0. The van der Waals surface area contributed by atoms with Crippen molar-refractivity contribution in [2.24, 2.45) is 0 Å². The van der Waals surface area contributed by atoms with Gasteiger partial charge in [0, 0.05) is 0 Å². The highest BCUT2D eigenvalue weighted by Crippen LogP contribution is 2.14. The van der Waals surface area contributed by atoms with Crippen molar-refractivity contribution in [3.05, 3.63) is 24.3 Å². The number of methoxy groups -OCH3 is 1. The maximum atomic E-state index is 11.9. The van der Waals surface area contributed by atoms with Crippen molar-refractivity contribution in [1.82, 2.24) is 4.72 Å². The zero-order valence-electron chi connectivity index (χ0n) is 10.7. The van der Waals surface area contributed by atoms with Crippen molar-refractivity contribution < 1.29 is 30.5 Å². The summed E-state index contributed by atoms with van der Waals surface area (Å²) in [5.74, 6) is 0.640. The average Bonchev–Trinajstić information content (AvgIpc) is 2.28. The molecule has 0 heterocycles. The van der Waals surface area contributed by atoms with Gasteiger partial charge in [-0.1, -0.05) is 0 Å². The number of hydrogen-bond donors (Lipinski definition) is 2. The molecular weight excluding hydrogens is 276 g/mol. The number of rotatable bonds is 6. The molecule has 1 aromatic carbocycles. The van der Waals surface area contributed by atoms with Gasteiger partial charge in [-0.05, 0) is 24.3 Å². The van der Waals surface area contributed by atoms with E-state index in [1.165, 1.54) is 17.0 Å². The molecule has 1 aromatic rings. The van der Waals surface area contributed by atoms with Crippen molar-refractivity contribution in [3.63, 3.8) is 0 Å². The van der Waals surface area contributed by atoms with Gasteiger partial charge in [-0.25, -0.2) is 13.1 Å². The summed E-state index contributed by atoms with van der Waals surface area (Å²) in [6.45, 7) is 1.17. The molecule has 0 unspecified atom stereocenters. The standard InChI is InChI=1S/C11H18N2O3S.ClH/c1-13(2)9-8-12-17(14,15)11-6-4-10(16-3)5-7-11;/h4-7,12H,8-9H2,1-3H3;1H. The number of benzene rings is 1. The zero-order chi connectivity index (χ0) is 12.9. The minimum Gasteiger partial charge on any atom is -1.00 e. The summed E-state index contributed by atoms with van der Waals surface area (Å²) < 4.78 is 31.2. The molecule has 0 aliphatic heterocycles. The molecule has 0 aliphatic rings. The van der Waals surface area contributed by atoms with Crippen LogP contribution >= 0.6 is 0 Å². The number of nitrogens with one attached hydrogen (secondary N) is 2. The van der Waals surface area contributed by atoms with E-state index in [1.807, 2.05) is 14.1 Å². The second-order valence-electron chi connectivity index (χ2n) is 4.03. The molecule has 1 rings (SSSR count). The first kappa shape index (κ1) is 17.2. The maximum Gasteiger partial charge on any atom is 0.240 e. The molecule has 2 N–H and O–H groups in total. The fourth-order valence-corrected chi connectivity index (χ4v) is 2.31. The van der Waals surface area contributed by atoms with E-state index in [2.05, 4.69) is 4.72 Å². The van der Waals surface area contributed by atoms with Gasteiger partial charge in [-0.3, -0.25) is 0 Å². The van der Waals surface area contributed by atoms with E-state index in [0.717, 1.165) is 6.54 Å². The van der Waals surface area contributed by atoms with E-state index < -0.39 is 10.0 Å². The number of halogens is 1. The Bertz CT molecular complexity index is 446. The van der Waals surface area contributed by atoms with Crippen LogP contribution in [0.1, 0.15) is 0 Å². The molecule has 0 bridgehead atoms. The van der Waals surface area contributed by atoms with Crippen molar-refractivity contribution in [3.8, 4) is 5.75 Å². The van der Waals surface area contributed by atoms with Gasteiger partial charge in [0.2, 0.25) is 10.0 Å². The van der Waals surface area contributed by atoms with Crippen LogP contribution < -0.4 is 26.8 Å². The summed E-state index contributed by atoms with van der Waals surface area (Å²) in [5.41, 5.74) is 0. The third-order valence-electron chi connectivity index (χ3n) is 2.29. The van der Waals surface area contributed by atoms with Gasteiger partial charge < -0.3 is 22.0 Å². The number of quaternary nitrogens is 1. The molecular formula is C11H19ClN2O3S. The summed E-state index contributed by atoms with van der Waals surface area (Å²) in [4.78, 5) is 1.45. The van der Waals surface area contributed by atoms with E-state index >= 15 is 0 Å². The van der Waals surface area contributed by atoms with Crippen molar-refractivity contribution in [2.75, 3.05) is 34.3 Å². The Balaban J connectivity index is 0.00000289. The minimum atomic E-state index is -3.40. The highest BCUT2D eigenvalue weighted by Gasteiger charge is 2.13. The first-order valence-corrected chi connectivity index (χ1v) is 6.87. The summed E-state index contributed by atoms with van der Waals surface area (Å²) in [6, 6.07) is 6.32. The molecule has 0 saturated carbocycles. The largest absolute Gasteiger partial charge is 1.00 e. The van der Waals surface area contributed by atoms with E-state index in [9.17, 15) is 8.42 Å². The maximum absolute atomic E-state index is 11.9. The van der Waals surface area contributed by atoms with Gasteiger partial charge in [0.15, 0.2) is 0 Å². The lowest BCUT2D eigenvalue weighted by atomic mass is 10.3. The van der Waals surface area contributed by atoms with E-state index in [-0.39, 0.29) is 17.3 Å². The first-order valence-electron chi connectivity index (χ1n) is 5.38. The third-order valence-corrected chi connectivity index (χ3v) is 3.76. The van der Waals surface area contributed by atoms with Crippen LogP contribution in [0.15, 0.2) is 29.2 Å². The molecule has 0 amide bonds. The third kappa shape index (κ3) is 5.22. The van der Waals surface area contributed by atoms with Crippen LogP contribution in [0.3, 0.4) is 0 Å². The van der Waals surface area contributed by atoms with E-state index in [1.54, 1.807) is 19.2 Å². The van der Waals surface area contributed by atoms with Crippen LogP contribution in [-0.2, 0) is 10.0 Å². The second kappa shape index (κ2) is 7.58. The lowest BCUT2D eigenvalue weighted by Gasteiger charge is -2.09. The Kier molecular flexibility index (Phi) is 7.23. The highest BCUT2D eigenvalue weighted by atomic mass is 35.5. The molecule has 0 radical (unpaired) electrons. The molecule has 0 aliphatic carbocycles. The molecule has 0 atom stereocenters. The summed E-state index contributed by atoms with van der Waals surface area (Å²) >= 11 is 0. The fourth-order valence-electron chi connectivity index (χ4n) is 1.27. The monoisotopic (exact) mass is 294 g/mol. The fraction of sp³-hybridized carbons (Fsp3) is 0.455. The normalized spacial score (nSPS) is 11.1. The van der Waals surface area contributed by atoms with Crippen LogP contribution in [0.2, 0.25) is 0 Å². The predicted octanol–water partition coefficient (Wildman–Crippen LogP) is -3.88. The van der Waals surface area contributed by atoms with E-state index in [0.29, 0.717) is 12.3 Å². The van der Waals surface area contributed by atoms with Crippen LogP contribution in [0.5, 0.6) is 5.75 Å². The Hall–Kier alpha value is -0.820. The smallest absolute Gasteiger partial charge is 0.240 e. The van der Waals surface area contributed by atoms with Crippen LogP contribution in [-0.4, -0.2) is 42.7 Å². The SMILES string of the molecule is COc1ccc(S(=O)(=O)NCC[NH+](C)C)cc1.[Cl-]. The Morgan fingerprint density at radius 3 is 2.22 bits per heavy atom. The van der Waals surface area contributed by atoms with Gasteiger partial charge in [0.05, 0.1) is 39.2 Å². The highest BCUT2D eigenvalue weighted by molar-refractivity contribution is 7.89. The molecule has 5 nitrogen and oxygen atoms in total. The molecule has 0 fully saturated rings. The number of ether oxygens (including phenoxy) is 1. The lowest BCUT2D eigenvalue weighted by molar-refractivity contribution is -0.856. The summed E-state index contributed by atoms with van der Waals surface area (Å²) in [5, 5.41) is 0. The van der Waals surface area contributed by atoms with Gasteiger partial charge in [-0.15, -0.1) is 0 Å². The van der Waals surface area contributed by atoms with Crippen LogP contribution in [0, 0.1) is 0 Å². The van der Waals surface area contributed by atoms with Gasteiger partial charge in [0.25, 0.3) is 0 Å². The van der Waals surface area contributed by atoms with Crippen molar-refractivity contribution in [1.29, 1.82) is 0 Å².